The summed E-state index contributed by atoms with van der Waals surface area (Å²) in [6.45, 7) is 3.89. The Kier molecular flexibility index (Phi) is 7.30. The molecule has 0 unspecified atom stereocenters. The van der Waals surface area contributed by atoms with Crippen LogP contribution in [0.2, 0.25) is 0 Å². The first kappa shape index (κ1) is 16.7. The van der Waals surface area contributed by atoms with Crippen molar-refractivity contribution < 1.29 is 19.0 Å². The van der Waals surface area contributed by atoms with Crippen LogP contribution in [0.15, 0.2) is 17.0 Å². The average Bonchev–Trinajstić information content (AvgIpc) is 2.44. The molecule has 0 N–H and O–H groups in total. The molecule has 0 atom stereocenters. The Morgan fingerprint density at radius 3 is 2.45 bits per heavy atom. The lowest BCUT2D eigenvalue weighted by Crippen LogP contribution is -2.05. The molecule has 0 aromatic heterocycles. The number of thioether (sulfide) groups is 1. The first-order chi connectivity index (χ1) is 9.62. The van der Waals surface area contributed by atoms with E-state index in [0.29, 0.717) is 13.0 Å². The predicted molar refractivity (Wildman–Crippen MR) is 80.9 cm³/mol. The minimum atomic E-state index is -0.272. The number of esters is 1. The van der Waals surface area contributed by atoms with Crippen LogP contribution in [0.5, 0.6) is 11.5 Å². The summed E-state index contributed by atoms with van der Waals surface area (Å²) in [6.07, 6.45) is 1.71. The van der Waals surface area contributed by atoms with Crippen molar-refractivity contribution in [2.75, 3.05) is 26.6 Å². The van der Waals surface area contributed by atoms with Crippen molar-refractivity contribution in [1.29, 1.82) is 0 Å². The van der Waals surface area contributed by atoms with Gasteiger partial charge < -0.3 is 14.2 Å². The van der Waals surface area contributed by atoms with Crippen LogP contribution >= 0.6 is 11.8 Å². The molecule has 4 nitrogen and oxygen atoms in total. The van der Waals surface area contributed by atoms with Crippen molar-refractivity contribution in [1.82, 2.24) is 0 Å². The molecule has 20 heavy (non-hydrogen) atoms. The largest absolute Gasteiger partial charge is 0.496 e. The van der Waals surface area contributed by atoms with Crippen molar-refractivity contribution in [3.05, 3.63) is 17.7 Å². The van der Waals surface area contributed by atoms with Gasteiger partial charge in [-0.1, -0.05) is 6.92 Å². The third-order valence-electron chi connectivity index (χ3n) is 2.71. The van der Waals surface area contributed by atoms with Crippen molar-refractivity contribution in [3.8, 4) is 11.5 Å². The standard InChI is InChI=1S/C15H22O4S/c1-5-8-20-15-10-13(17-3)12(9-14(15)18-4)6-7-19-11(2)16/h9-10H,5-8H2,1-4H3. The fourth-order valence-electron chi connectivity index (χ4n) is 1.76. The Balaban J connectivity index is 2.90. The van der Waals surface area contributed by atoms with Crippen LogP contribution in [0.25, 0.3) is 0 Å². The smallest absolute Gasteiger partial charge is 0.302 e. The Morgan fingerprint density at radius 2 is 1.90 bits per heavy atom. The van der Waals surface area contributed by atoms with E-state index in [1.165, 1.54) is 6.92 Å². The van der Waals surface area contributed by atoms with Gasteiger partial charge in [0.15, 0.2) is 0 Å². The van der Waals surface area contributed by atoms with Crippen LogP contribution in [-0.2, 0) is 16.0 Å². The van der Waals surface area contributed by atoms with E-state index >= 15 is 0 Å². The van der Waals surface area contributed by atoms with Gasteiger partial charge in [-0.15, -0.1) is 11.8 Å². The molecule has 0 aliphatic carbocycles. The van der Waals surface area contributed by atoms with Gasteiger partial charge in [0.2, 0.25) is 0 Å². The Morgan fingerprint density at radius 1 is 1.20 bits per heavy atom. The summed E-state index contributed by atoms with van der Waals surface area (Å²) in [5.41, 5.74) is 0.978. The van der Waals surface area contributed by atoms with Crippen molar-refractivity contribution >= 4 is 17.7 Å². The lowest BCUT2D eigenvalue weighted by Gasteiger charge is -2.14. The SMILES string of the molecule is CCCSc1cc(OC)c(CCOC(C)=O)cc1OC. The molecule has 0 heterocycles. The van der Waals surface area contributed by atoms with E-state index < -0.39 is 0 Å². The fourth-order valence-corrected chi connectivity index (χ4v) is 2.66. The third kappa shape index (κ3) is 4.96. The number of carbonyl (C=O) groups is 1. The highest BCUT2D eigenvalue weighted by Gasteiger charge is 2.12. The first-order valence-corrected chi connectivity index (χ1v) is 7.62. The van der Waals surface area contributed by atoms with E-state index in [0.717, 1.165) is 34.1 Å². The summed E-state index contributed by atoms with van der Waals surface area (Å²) in [5.74, 6) is 2.40. The van der Waals surface area contributed by atoms with E-state index in [4.69, 9.17) is 14.2 Å². The van der Waals surface area contributed by atoms with Crippen LogP contribution < -0.4 is 9.47 Å². The van der Waals surface area contributed by atoms with Gasteiger partial charge in [0.1, 0.15) is 11.5 Å². The molecule has 5 heteroatoms. The van der Waals surface area contributed by atoms with Crippen LogP contribution in [0.1, 0.15) is 25.8 Å². The molecule has 0 fully saturated rings. The summed E-state index contributed by atoms with van der Waals surface area (Å²) in [5, 5.41) is 0. The molecule has 0 bridgehead atoms. The summed E-state index contributed by atoms with van der Waals surface area (Å²) in [6, 6.07) is 3.95. The Bertz CT molecular complexity index is 446. The molecule has 1 rings (SSSR count). The van der Waals surface area contributed by atoms with Gasteiger partial charge >= 0.3 is 5.97 Å². The number of carbonyl (C=O) groups excluding carboxylic acids is 1. The second-order valence-electron chi connectivity index (χ2n) is 4.25. The highest BCUT2D eigenvalue weighted by Crippen LogP contribution is 2.36. The summed E-state index contributed by atoms with van der Waals surface area (Å²) in [7, 11) is 3.30. The Hall–Kier alpha value is -1.36. The lowest BCUT2D eigenvalue weighted by atomic mass is 10.1. The van der Waals surface area contributed by atoms with Crippen LogP contribution in [0, 0.1) is 0 Å². The molecule has 0 aliphatic heterocycles. The number of ether oxygens (including phenoxy) is 3. The molecule has 1 aromatic carbocycles. The molecule has 0 spiro atoms. The highest BCUT2D eigenvalue weighted by molar-refractivity contribution is 7.99. The quantitative estimate of drug-likeness (QED) is 0.544. The van der Waals surface area contributed by atoms with E-state index in [1.54, 1.807) is 26.0 Å². The normalized spacial score (nSPS) is 10.2. The topological polar surface area (TPSA) is 44.8 Å². The summed E-state index contributed by atoms with van der Waals surface area (Å²) < 4.78 is 15.8. The monoisotopic (exact) mass is 298 g/mol. The average molecular weight is 298 g/mol. The number of hydrogen-bond acceptors (Lipinski definition) is 5. The van der Waals surface area contributed by atoms with Crippen LogP contribution in [0.4, 0.5) is 0 Å². The zero-order valence-corrected chi connectivity index (χ0v) is 13.3. The minimum absolute atomic E-state index is 0.272. The van der Waals surface area contributed by atoms with Gasteiger partial charge in [0, 0.05) is 18.9 Å². The Labute approximate surface area is 124 Å². The molecule has 1 aromatic rings. The molecular weight excluding hydrogens is 276 g/mol. The molecular formula is C15H22O4S. The van der Waals surface area contributed by atoms with Crippen molar-refractivity contribution in [3.63, 3.8) is 0 Å². The maximum Gasteiger partial charge on any atom is 0.302 e. The second kappa shape index (κ2) is 8.74. The van der Waals surface area contributed by atoms with Gasteiger partial charge in [-0.2, -0.15) is 0 Å². The zero-order chi connectivity index (χ0) is 15.0. The van der Waals surface area contributed by atoms with Gasteiger partial charge in [-0.25, -0.2) is 0 Å². The molecule has 0 saturated heterocycles. The van der Waals surface area contributed by atoms with Gasteiger partial charge in [-0.05, 0) is 24.3 Å². The van der Waals surface area contributed by atoms with E-state index in [9.17, 15) is 4.79 Å². The number of hydrogen-bond donors (Lipinski definition) is 0. The van der Waals surface area contributed by atoms with Crippen LogP contribution in [0.3, 0.4) is 0 Å². The number of methoxy groups -OCH3 is 2. The van der Waals surface area contributed by atoms with Crippen molar-refractivity contribution in [2.45, 2.75) is 31.6 Å². The van der Waals surface area contributed by atoms with Crippen LogP contribution in [-0.4, -0.2) is 32.5 Å². The van der Waals surface area contributed by atoms with Gasteiger partial charge in [-0.3, -0.25) is 4.79 Å². The fraction of sp³-hybridized carbons (Fsp3) is 0.533. The lowest BCUT2D eigenvalue weighted by molar-refractivity contribution is -0.140. The minimum Gasteiger partial charge on any atom is -0.496 e. The third-order valence-corrected chi connectivity index (χ3v) is 3.95. The summed E-state index contributed by atoms with van der Waals surface area (Å²) >= 11 is 1.75. The van der Waals surface area contributed by atoms with E-state index in [1.807, 2.05) is 12.1 Å². The van der Waals surface area contributed by atoms with Gasteiger partial charge in [0.25, 0.3) is 0 Å². The highest BCUT2D eigenvalue weighted by atomic mass is 32.2. The number of benzene rings is 1. The molecule has 0 radical (unpaired) electrons. The first-order valence-electron chi connectivity index (χ1n) is 6.63. The zero-order valence-electron chi connectivity index (χ0n) is 12.5. The maximum absolute atomic E-state index is 10.8. The second-order valence-corrected chi connectivity index (χ2v) is 5.39. The molecule has 112 valence electrons. The van der Waals surface area contributed by atoms with E-state index in [-0.39, 0.29) is 5.97 Å². The predicted octanol–water partition coefficient (Wildman–Crippen LogP) is 3.31. The molecule has 0 aliphatic rings. The summed E-state index contributed by atoms with van der Waals surface area (Å²) in [4.78, 5) is 11.9. The maximum atomic E-state index is 10.8. The van der Waals surface area contributed by atoms with Crippen molar-refractivity contribution in [2.24, 2.45) is 0 Å². The molecule has 0 saturated carbocycles. The molecule has 0 amide bonds. The van der Waals surface area contributed by atoms with E-state index in [2.05, 4.69) is 6.92 Å². The number of rotatable bonds is 8. The van der Waals surface area contributed by atoms with Gasteiger partial charge in [0.05, 0.1) is 25.7 Å².